The van der Waals surface area contributed by atoms with Crippen molar-refractivity contribution in [1.82, 2.24) is 0 Å². The lowest BCUT2D eigenvalue weighted by molar-refractivity contribution is -0.139. The van der Waals surface area contributed by atoms with Crippen molar-refractivity contribution in [3.05, 3.63) is 63.1 Å². The zero-order valence-electron chi connectivity index (χ0n) is 14.0. The van der Waals surface area contributed by atoms with E-state index in [-0.39, 0.29) is 15.8 Å². The van der Waals surface area contributed by atoms with Crippen LogP contribution in [0.5, 0.6) is 5.75 Å². The van der Waals surface area contributed by atoms with Gasteiger partial charge in [-0.15, -0.1) is 0 Å². The summed E-state index contributed by atoms with van der Waals surface area (Å²) in [5.74, 6) is -0.900. The van der Waals surface area contributed by atoms with Crippen LogP contribution in [0.4, 0.5) is 0 Å². The molecule has 0 aromatic heterocycles. The van der Waals surface area contributed by atoms with Crippen molar-refractivity contribution in [2.45, 2.75) is 19.8 Å². The average Bonchev–Trinajstić information content (AvgIpc) is 2.88. The van der Waals surface area contributed by atoms with E-state index in [1.54, 1.807) is 6.07 Å². The Morgan fingerprint density at radius 3 is 2.58 bits per heavy atom. The summed E-state index contributed by atoms with van der Waals surface area (Å²) in [6, 6.07) is 11.6. The topological polar surface area (TPSA) is 79.1 Å². The number of oxime groups is 1. The second kappa shape index (κ2) is 7.17. The number of carbonyl (C=O) groups is 1. The lowest BCUT2D eigenvalue weighted by atomic mass is 9.79. The molecule has 0 fully saturated rings. The van der Waals surface area contributed by atoms with Crippen molar-refractivity contribution >= 4 is 34.9 Å². The number of halogens is 2. The third-order valence-electron chi connectivity index (χ3n) is 4.53. The number of carboxylic acids is 1. The molecule has 0 bridgehead atoms. The van der Waals surface area contributed by atoms with Gasteiger partial charge in [-0.25, -0.2) is 4.79 Å². The van der Waals surface area contributed by atoms with Gasteiger partial charge in [0.1, 0.15) is 10.8 Å². The summed E-state index contributed by atoms with van der Waals surface area (Å²) in [5, 5.41) is 22.3. The van der Waals surface area contributed by atoms with E-state index in [0.29, 0.717) is 24.1 Å². The number of fused-ring (bicyclic) bond motifs is 1. The van der Waals surface area contributed by atoms with Crippen molar-refractivity contribution in [1.29, 1.82) is 0 Å². The van der Waals surface area contributed by atoms with Crippen LogP contribution in [0.3, 0.4) is 0 Å². The third-order valence-corrected chi connectivity index (χ3v) is 5.38. The third kappa shape index (κ3) is 3.37. The molecule has 0 saturated heterocycles. The van der Waals surface area contributed by atoms with Gasteiger partial charge >= 0.3 is 5.97 Å². The van der Waals surface area contributed by atoms with Gasteiger partial charge in [0.2, 0.25) is 0 Å². The molecule has 26 heavy (non-hydrogen) atoms. The van der Waals surface area contributed by atoms with Crippen LogP contribution in [-0.4, -0.2) is 28.6 Å². The zero-order chi connectivity index (χ0) is 18.9. The van der Waals surface area contributed by atoms with Crippen molar-refractivity contribution < 1.29 is 19.8 Å². The minimum atomic E-state index is -1.11. The van der Waals surface area contributed by atoms with Gasteiger partial charge < -0.3 is 15.1 Å². The fourth-order valence-electron chi connectivity index (χ4n) is 3.46. The van der Waals surface area contributed by atoms with E-state index >= 15 is 0 Å². The van der Waals surface area contributed by atoms with Gasteiger partial charge in [-0.2, -0.15) is 0 Å². The van der Waals surface area contributed by atoms with E-state index in [4.69, 9.17) is 33.0 Å². The Hall–Kier alpha value is -2.24. The van der Waals surface area contributed by atoms with Crippen LogP contribution in [0.15, 0.2) is 41.6 Å². The molecule has 2 N–H and O–H groups in total. The summed E-state index contributed by atoms with van der Waals surface area (Å²) >= 11 is 12.7. The minimum absolute atomic E-state index is 0.108. The predicted octanol–water partition coefficient (Wildman–Crippen LogP) is 4.44. The predicted molar refractivity (Wildman–Crippen MR) is 99.9 cm³/mol. The van der Waals surface area contributed by atoms with E-state index < -0.39 is 18.0 Å². The Labute approximate surface area is 160 Å². The first-order chi connectivity index (χ1) is 12.4. The molecule has 0 amide bonds. The van der Waals surface area contributed by atoms with Crippen LogP contribution < -0.4 is 4.74 Å². The summed E-state index contributed by atoms with van der Waals surface area (Å²) in [6.45, 7) is 1.48. The summed E-state index contributed by atoms with van der Waals surface area (Å²) < 4.78 is 5.24. The van der Waals surface area contributed by atoms with Crippen molar-refractivity contribution in [2.75, 3.05) is 6.61 Å². The molecule has 2 aromatic carbocycles. The average molecular weight is 394 g/mol. The Bertz CT molecular complexity index is 883. The molecular formula is C19H17Cl2NO4. The molecule has 3 rings (SSSR count). The van der Waals surface area contributed by atoms with E-state index in [9.17, 15) is 10.0 Å². The second-order valence-electron chi connectivity index (χ2n) is 6.57. The number of rotatable bonds is 5. The smallest absolute Gasteiger partial charge is 0.341 e. The fraction of sp³-hybridized carbons (Fsp3) is 0.263. The van der Waals surface area contributed by atoms with Crippen molar-refractivity contribution in [3.8, 4) is 5.75 Å². The molecule has 7 heteroatoms. The van der Waals surface area contributed by atoms with Gasteiger partial charge in [0, 0.05) is 11.0 Å². The first-order valence-corrected chi connectivity index (χ1v) is 8.73. The number of aliphatic carboxylic acids is 1. The molecule has 1 aliphatic carbocycles. The van der Waals surface area contributed by atoms with Crippen LogP contribution >= 0.6 is 23.2 Å². The highest BCUT2D eigenvalue weighted by molar-refractivity contribution is 6.45. The maximum absolute atomic E-state index is 10.8. The second-order valence-corrected chi connectivity index (χ2v) is 7.32. The molecule has 2 aromatic rings. The van der Waals surface area contributed by atoms with Gasteiger partial charge in [0.05, 0.1) is 10.7 Å². The molecule has 1 atom stereocenters. The van der Waals surface area contributed by atoms with Crippen LogP contribution in [0.2, 0.25) is 10.0 Å². The highest BCUT2D eigenvalue weighted by atomic mass is 35.5. The number of hydrogen-bond donors (Lipinski definition) is 2. The van der Waals surface area contributed by atoms with Gasteiger partial charge in [-0.1, -0.05) is 65.6 Å². The Balaban J connectivity index is 2.01. The monoisotopic (exact) mass is 393 g/mol. The Morgan fingerprint density at radius 1 is 1.27 bits per heavy atom. The Kier molecular flexibility index (Phi) is 5.12. The number of carboxylic acid groups (broad SMARTS) is 1. The molecule has 0 radical (unpaired) electrons. The van der Waals surface area contributed by atoms with Crippen LogP contribution in [0.25, 0.3) is 0 Å². The molecule has 1 unspecified atom stereocenters. The van der Waals surface area contributed by atoms with Gasteiger partial charge in [0.15, 0.2) is 6.61 Å². The lowest BCUT2D eigenvalue weighted by Gasteiger charge is -2.24. The van der Waals surface area contributed by atoms with Crippen LogP contribution in [0, 0.1) is 5.41 Å². The number of nitrogens with zero attached hydrogens (tertiary/aromatic N) is 1. The number of benzene rings is 2. The van der Waals surface area contributed by atoms with E-state index in [1.165, 1.54) is 0 Å². The van der Waals surface area contributed by atoms with Gasteiger partial charge in [-0.05, 0) is 30.0 Å². The van der Waals surface area contributed by atoms with E-state index in [1.807, 2.05) is 37.3 Å². The largest absolute Gasteiger partial charge is 0.480 e. The summed E-state index contributed by atoms with van der Waals surface area (Å²) in [4.78, 5) is 10.8. The van der Waals surface area contributed by atoms with Gasteiger partial charge in [0.25, 0.3) is 0 Å². The fourth-order valence-corrected chi connectivity index (χ4v) is 3.97. The lowest BCUT2D eigenvalue weighted by Crippen LogP contribution is -2.27. The van der Waals surface area contributed by atoms with Crippen molar-refractivity contribution in [2.24, 2.45) is 10.6 Å². The SMILES string of the molecule is CC1(Cc2ccccc2)Cc2cc(OCC(=O)O)c(Cl)c(Cl)c2/C1=N\O. The summed E-state index contributed by atoms with van der Waals surface area (Å²) in [6.07, 6.45) is 1.22. The molecule has 5 nitrogen and oxygen atoms in total. The molecule has 1 aliphatic rings. The molecule has 0 heterocycles. The molecule has 0 spiro atoms. The molecule has 0 aliphatic heterocycles. The normalized spacial score (nSPS) is 20.2. The number of hydrogen-bond acceptors (Lipinski definition) is 4. The van der Waals surface area contributed by atoms with E-state index in [0.717, 1.165) is 11.1 Å². The number of ether oxygens (including phenoxy) is 1. The summed E-state index contributed by atoms with van der Waals surface area (Å²) in [5.41, 5.74) is 2.49. The van der Waals surface area contributed by atoms with E-state index in [2.05, 4.69) is 5.16 Å². The van der Waals surface area contributed by atoms with Gasteiger partial charge in [-0.3, -0.25) is 0 Å². The first kappa shape index (κ1) is 18.5. The first-order valence-electron chi connectivity index (χ1n) is 7.98. The maximum atomic E-state index is 10.8. The highest BCUT2D eigenvalue weighted by Crippen LogP contribution is 2.47. The van der Waals surface area contributed by atoms with Crippen LogP contribution in [-0.2, 0) is 17.6 Å². The summed E-state index contributed by atoms with van der Waals surface area (Å²) in [7, 11) is 0. The molecule has 0 saturated carbocycles. The van der Waals surface area contributed by atoms with Crippen LogP contribution in [0.1, 0.15) is 23.6 Å². The molecule has 136 valence electrons. The van der Waals surface area contributed by atoms with Crippen molar-refractivity contribution in [3.63, 3.8) is 0 Å². The highest BCUT2D eigenvalue weighted by Gasteiger charge is 2.42. The quantitative estimate of drug-likeness (QED) is 0.581. The standard InChI is InChI=1S/C19H17Cl2NO4/c1-19(8-11-5-3-2-4-6-11)9-12-7-13(26-10-14(23)24)16(20)17(21)15(12)18(19)22-25/h2-7,25H,8-10H2,1H3,(H,23,24)/b22-18+. The Morgan fingerprint density at radius 2 is 1.96 bits per heavy atom. The maximum Gasteiger partial charge on any atom is 0.341 e. The molecular weight excluding hydrogens is 377 g/mol. The zero-order valence-corrected chi connectivity index (χ0v) is 15.5. The minimum Gasteiger partial charge on any atom is -0.480 e.